The van der Waals surface area contributed by atoms with E-state index in [0.29, 0.717) is 5.95 Å². The Morgan fingerprint density at radius 1 is 0.275 bits per heavy atom. The maximum atomic E-state index is 5.86. The van der Waals surface area contributed by atoms with Crippen LogP contribution in [0.25, 0.3) is 178 Å². The van der Waals surface area contributed by atoms with Gasteiger partial charge in [-0.2, -0.15) is 0 Å². The second-order valence-electron chi connectivity index (χ2n) is 42.0. The predicted molar refractivity (Wildman–Crippen MR) is 565 cm³/mol. The molecule has 0 amide bonds. The molecule has 131 heavy (non-hydrogen) atoms. The fraction of sp³-hybridized carbons (Fsp3) is 0.219. The maximum Gasteiger partial charge on any atom is 0.235 e. The molecule has 650 valence electrons. The summed E-state index contributed by atoms with van der Waals surface area (Å²) in [7, 11) is 0. The Balaban J connectivity index is 0.796. The van der Waals surface area contributed by atoms with E-state index in [1.165, 1.54) is 145 Å². The van der Waals surface area contributed by atoms with Crippen molar-refractivity contribution in [2.24, 2.45) is 0 Å². The summed E-state index contributed by atoms with van der Waals surface area (Å²) in [6.45, 7) is 57.1. The molecule has 1 aliphatic carbocycles. The van der Waals surface area contributed by atoms with Gasteiger partial charge in [0.15, 0.2) is 0 Å². The minimum absolute atomic E-state index is 0.0252. The highest BCUT2D eigenvalue weighted by molar-refractivity contribution is 6.11. The smallest absolute Gasteiger partial charge is 0.235 e. The van der Waals surface area contributed by atoms with Gasteiger partial charge in [0.1, 0.15) is 0 Å². The molecule has 18 rings (SSSR count). The van der Waals surface area contributed by atoms with Crippen LogP contribution < -0.4 is 0 Å². The van der Waals surface area contributed by atoms with Gasteiger partial charge < -0.3 is 0 Å². The third-order valence-electron chi connectivity index (χ3n) is 27.8. The molecule has 3 heteroatoms. The molecule has 0 bridgehead atoms. The van der Waals surface area contributed by atoms with Gasteiger partial charge in [-0.1, -0.05) is 316 Å². The normalized spacial score (nSPS) is 13.0. The zero-order valence-electron chi connectivity index (χ0n) is 81.1. The molecule has 3 nitrogen and oxygen atoms in total. The van der Waals surface area contributed by atoms with Gasteiger partial charge in [-0.3, -0.25) is 4.57 Å². The topological polar surface area (TPSA) is 30.7 Å². The first-order valence-corrected chi connectivity index (χ1v) is 46.9. The van der Waals surface area contributed by atoms with Gasteiger partial charge in [0, 0.05) is 27.3 Å². The lowest BCUT2D eigenvalue weighted by Gasteiger charge is -2.23. The Labute approximate surface area is 779 Å². The Hall–Kier alpha value is -13.6. The first kappa shape index (κ1) is 88.1. The van der Waals surface area contributed by atoms with E-state index in [1.54, 1.807) is 0 Å². The maximum absolute atomic E-state index is 5.86. The summed E-state index contributed by atoms with van der Waals surface area (Å²) < 4.78 is 2.32. The second kappa shape index (κ2) is 33.7. The van der Waals surface area contributed by atoms with Gasteiger partial charge in [-0.25, -0.2) is 9.97 Å². The lowest BCUT2D eigenvalue weighted by molar-refractivity contribution is 0.589. The quantitative estimate of drug-likeness (QED) is 0.0965. The molecular weight excluding hydrogens is 1580 g/mol. The average molecular weight is 1700 g/mol. The van der Waals surface area contributed by atoms with E-state index in [1.807, 2.05) is 6.08 Å². The minimum Gasteiger partial charge on any atom is -0.278 e. The fourth-order valence-electron chi connectivity index (χ4n) is 20.8. The molecule has 0 aliphatic heterocycles. The van der Waals surface area contributed by atoms with E-state index in [9.17, 15) is 0 Å². The summed E-state index contributed by atoms with van der Waals surface area (Å²) in [5.41, 5.74) is 51.8. The molecule has 0 saturated heterocycles. The number of benzene rings is 15. The van der Waals surface area contributed by atoms with Crippen LogP contribution in [0.2, 0.25) is 0 Å². The van der Waals surface area contributed by atoms with Crippen LogP contribution >= 0.6 is 0 Å². The molecule has 0 fully saturated rings. The molecule has 2 aromatic heterocycles. The van der Waals surface area contributed by atoms with Gasteiger partial charge in [-0.05, 0) is 399 Å². The Kier molecular flexibility index (Phi) is 22.7. The molecule has 1 aliphatic rings. The minimum atomic E-state index is -0.317. The number of nitrogens with zero attached hydrogens (tertiary/aromatic N) is 3. The van der Waals surface area contributed by atoms with Crippen molar-refractivity contribution in [1.29, 1.82) is 0 Å². The van der Waals surface area contributed by atoms with E-state index >= 15 is 0 Å². The van der Waals surface area contributed by atoms with Crippen molar-refractivity contribution in [2.45, 2.75) is 186 Å². The predicted octanol–water partition coefficient (Wildman–Crippen LogP) is 35.7. The van der Waals surface area contributed by atoms with Crippen molar-refractivity contribution in [2.75, 3.05) is 0 Å². The number of allylic oxidation sites excluding steroid dienone is 5. The van der Waals surface area contributed by atoms with Crippen molar-refractivity contribution < 1.29 is 0 Å². The molecule has 0 spiro atoms. The molecule has 0 radical (unpaired) electrons. The van der Waals surface area contributed by atoms with Crippen molar-refractivity contribution in [3.05, 3.63) is 406 Å². The Bertz CT molecular complexity index is 7210. The standard InChI is InChI=1S/C128H123N3/c1-25-36-113-109(26-2)111-74-112-110-51-27-28-52-117(110)131(118(112)75-114(111)128(113,23)24)123-129-115(76-116(130-123)94-46-31-40-88(63-94)100-70-103(91-43-34-49-97(66-91)121-81(7)57-107(58-82(121)8)126(17,18)19)73-104(71-100)92-44-35-50-98(67-92)122-83(9)59-108(60-84(122)10)127(20,21)22)93-45-30-38-86(62-93)85-37-29-39-87(61-85)99-68-101(89-41-32-47-95(64-89)119-77(3)53-105(54-78(119)4)124(11,12)13)72-102(69-99)90-42-33-48-96(65-90)120-79(5)55-106(56-80(120)6)125(14,15)16/h25-76H,2H2,1,3-24H3/b36-25-. The van der Waals surface area contributed by atoms with Crippen LogP contribution in [0.5, 0.6) is 0 Å². The lowest BCUT2D eigenvalue weighted by atomic mass is 9.80. The summed E-state index contributed by atoms with van der Waals surface area (Å²) in [6.07, 6.45) is 6.46. The number of aryl methyl sites for hydroxylation is 8. The van der Waals surface area contributed by atoms with Crippen LogP contribution in [0.15, 0.2) is 328 Å². The fourth-order valence-corrected chi connectivity index (χ4v) is 20.8. The number of hydrogen-bond donors (Lipinski definition) is 0. The molecule has 0 N–H and O–H groups in total. The summed E-state index contributed by atoms with van der Waals surface area (Å²) in [4.78, 5) is 11.7. The molecular formula is C128H123N3. The molecule has 0 saturated carbocycles. The summed E-state index contributed by atoms with van der Waals surface area (Å²) in [6, 6.07) is 113. The monoisotopic (exact) mass is 1700 g/mol. The Morgan fingerprint density at radius 3 is 0.824 bits per heavy atom. The van der Waals surface area contributed by atoms with Crippen LogP contribution in [0.3, 0.4) is 0 Å². The van der Waals surface area contributed by atoms with Gasteiger partial charge in [0.25, 0.3) is 0 Å². The van der Waals surface area contributed by atoms with Crippen molar-refractivity contribution in [3.63, 3.8) is 0 Å². The number of hydrogen-bond acceptors (Lipinski definition) is 2. The first-order valence-electron chi connectivity index (χ1n) is 46.9. The van der Waals surface area contributed by atoms with Gasteiger partial charge >= 0.3 is 0 Å². The van der Waals surface area contributed by atoms with Crippen LogP contribution in [0.4, 0.5) is 0 Å². The molecule has 0 atom stereocenters. The molecule has 2 heterocycles. The average Bonchev–Trinajstić information content (AvgIpc) is 1.55. The third-order valence-corrected chi connectivity index (χ3v) is 27.8. The molecule has 17 aromatic rings. The number of fused-ring (bicyclic) bond motifs is 4. The van der Waals surface area contributed by atoms with Crippen molar-refractivity contribution >= 4 is 27.4 Å². The van der Waals surface area contributed by atoms with Gasteiger partial charge in [0.2, 0.25) is 5.95 Å². The van der Waals surface area contributed by atoms with E-state index in [0.717, 1.165) is 111 Å². The van der Waals surface area contributed by atoms with Crippen LogP contribution in [-0.2, 0) is 27.1 Å². The highest BCUT2D eigenvalue weighted by Gasteiger charge is 2.37. The largest absolute Gasteiger partial charge is 0.278 e. The number of para-hydroxylation sites is 1. The van der Waals surface area contributed by atoms with E-state index < -0.39 is 0 Å². The highest BCUT2D eigenvalue weighted by Crippen LogP contribution is 2.52. The van der Waals surface area contributed by atoms with Gasteiger partial charge in [-0.15, -0.1) is 0 Å². The SMILES string of the molecule is C=CC1=C(/C=C\C)C(C)(C)c2cc3c(cc21)c1ccccc1n3-c1nc(-c2cccc(-c3cccc(-c4cc(-c5cccc(-c6c(C)cc(C(C)(C)C)cc6C)c5)cc(-c5cccc(-c6c(C)cc(C(C)(C)C)cc6C)c5)c4)c3)c2)cc(-c2cccc(-c3cc(-c4cccc(-c5c(C)cc(C(C)(C)C)cc5C)c4)cc(-c4cccc(-c5c(C)cc(C(C)(C)C)cc5C)c4)c3)c2)n1. The van der Waals surface area contributed by atoms with Crippen LogP contribution in [0, 0.1) is 55.4 Å². The van der Waals surface area contributed by atoms with Crippen LogP contribution in [0.1, 0.15) is 182 Å². The zero-order chi connectivity index (χ0) is 92.4. The van der Waals surface area contributed by atoms with E-state index in [2.05, 4.69) is 480 Å². The highest BCUT2D eigenvalue weighted by atomic mass is 15.2. The van der Waals surface area contributed by atoms with Crippen LogP contribution in [-0.4, -0.2) is 14.5 Å². The van der Waals surface area contributed by atoms with E-state index in [4.69, 9.17) is 9.97 Å². The van der Waals surface area contributed by atoms with Gasteiger partial charge in [0.05, 0.1) is 22.4 Å². The first-order chi connectivity index (χ1) is 62.3. The third kappa shape index (κ3) is 16.9. The molecule has 0 unspecified atom stereocenters. The second-order valence-corrected chi connectivity index (χ2v) is 42.0. The summed E-state index contributed by atoms with van der Waals surface area (Å²) in [5.74, 6) is 0.586. The number of rotatable bonds is 16. The summed E-state index contributed by atoms with van der Waals surface area (Å²) in [5, 5.41) is 2.26. The number of aromatic nitrogens is 3. The Morgan fingerprint density at radius 2 is 0.534 bits per heavy atom. The summed E-state index contributed by atoms with van der Waals surface area (Å²) >= 11 is 0. The van der Waals surface area contributed by atoms with Crippen molar-refractivity contribution in [3.8, 4) is 151 Å². The molecule has 15 aromatic carbocycles. The lowest BCUT2D eigenvalue weighted by Crippen LogP contribution is -2.16. The van der Waals surface area contributed by atoms with E-state index in [-0.39, 0.29) is 27.1 Å². The zero-order valence-corrected chi connectivity index (χ0v) is 81.1. The van der Waals surface area contributed by atoms with Crippen molar-refractivity contribution in [1.82, 2.24) is 14.5 Å².